The molecule has 4 nitrogen and oxygen atoms in total. The van der Waals surface area contributed by atoms with Gasteiger partial charge in [0.25, 0.3) is 0 Å². The van der Waals surface area contributed by atoms with Crippen LogP contribution in [0.2, 0.25) is 0 Å². The number of hydrogen-bond acceptors (Lipinski definition) is 6. The van der Waals surface area contributed by atoms with Crippen molar-refractivity contribution in [3.8, 4) is 11.5 Å². The first-order valence-corrected chi connectivity index (χ1v) is 12.0. The van der Waals surface area contributed by atoms with Crippen molar-refractivity contribution in [1.82, 2.24) is 0 Å². The highest BCUT2D eigenvalue weighted by Gasteiger charge is 2.27. The van der Waals surface area contributed by atoms with Crippen LogP contribution in [-0.2, 0) is 4.74 Å². The van der Waals surface area contributed by atoms with E-state index in [2.05, 4.69) is 45.0 Å². The van der Waals surface area contributed by atoms with E-state index in [9.17, 15) is 0 Å². The molecule has 0 spiro atoms. The van der Waals surface area contributed by atoms with E-state index in [0.29, 0.717) is 11.8 Å². The van der Waals surface area contributed by atoms with Crippen molar-refractivity contribution in [2.75, 3.05) is 25.4 Å². The zero-order chi connectivity index (χ0) is 20.8. The van der Waals surface area contributed by atoms with E-state index in [-0.39, 0.29) is 13.0 Å². The van der Waals surface area contributed by atoms with E-state index < -0.39 is 0 Å². The Labute approximate surface area is 182 Å². The average molecular weight is 434 g/mol. The summed E-state index contributed by atoms with van der Waals surface area (Å²) in [7, 11) is 1.64. The highest BCUT2D eigenvalue weighted by atomic mass is 32.2. The summed E-state index contributed by atoms with van der Waals surface area (Å²) in [5.74, 6) is 4.67. The molecule has 2 N–H and O–H groups in total. The smallest absolute Gasteiger partial charge is 0.188 e. The number of methoxy groups -OCH3 is 1. The SMILES string of the molecule is COCOc1c(C)cccc1SC[C@@H](C)C[C@H]1CSc2c(C)cccc2OC1N. The minimum atomic E-state index is -0.266. The summed E-state index contributed by atoms with van der Waals surface area (Å²) in [5, 5.41) is 0. The highest BCUT2D eigenvalue weighted by molar-refractivity contribution is 7.99. The maximum absolute atomic E-state index is 6.42. The van der Waals surface area contributed by atoms with Crippen molar-refractivity contribution in [2.45, 2.75) is 43.2 Å². The first kappa shape index (κ1) is 22.3. The molecule has 1 aliphatic rings. The molecule has 0 amide bonds. The fourth-order valence-corrected chi connectivity index (χ4v) is 5.88. The van der Waals surface area contributed by atoms with Crippen molar-refractivity contribution in [3.05, 3.63) is 47.5 Å². The number of ether oxygens (including phenoxy) is 3. The number of aryl methyl sites for hydroxylation is 2. The van der Waals surface area contributed by atoms with E-state index in [1.54, 1.807) is 7.11 Å². The summed E-state index contributed by atoms with van der Waals surface area (Å²) >= 11 is 3.71. The lowest BCUT2D eigenvalue weighted by Crippen LogP contribution is -2.37. The van der Waals surface area contributed by atoms with Gasteiger partial charge in [-0.1, -0.05) is 31.2 Å². The van der Waals surface area contributed by atoms with Crippen LogP contribution < -0.4 is 15.2 Å². The zero-order valence-corrected chi connectivity index (χ0v) is 19.3. The second-order valence-corrected chi connectivity index (χ2v) is 9.75. The molecule has 29 heavy (non-hydrogen) atoms. The van der Waals surface area contributed by atoms with Gasteiger partial charge in [0.1, 0.15) is 11.5 Å². The minimum absolute atomic E-state index is 0.263. The molecule has 158 valence electrons. The molecule has 1 aliphatic heterocycles. The fourth-order valence-electron chi connectivity index (χ4n) is 3.49. The van der Waals surface area contributed by atoms with Gasteiger partial charge < -0.3 is 14.2 Å². The van der Waals surface area contributed by atoms with Gasteiger partial charge in [-0.25, -0.2) is 0 Å². The third-order valence-electron chi connectivity index (χ3n) is 5.07. The topological polar surface area (TPSA) is 53.7 Å². The van der Waals surface area contributed by atoms with Gasteiger partial charge in [-0.2, -0.15) is 0 Å². The van der Waals surface area contributed by atoms with Crippen LogP contribution in [0, 0.1) is 25.7 Å². The lowest BCUT2D eigenvalue weighted by molar-refractivity contribution is 0.0486. The van der Waals surface area contributed by atoms with Crippen molar-refractivity contribution < 1.29 is 14.2 Å². The van der Waals surface area contributed by atoms with Crippen LogP contribution in [0.4, 0.5) is 0 Å². The van der Waals surface area contributed by atoms with Crippen LogP contribution in [-0.4, -0.2) is 31.6 Å². The number of benzene rings is 2. The predicted molar refractivity (Wildman–Crippen MR) is 122 cm³/mol. The monoisotopic (exact) mass is 433 g/mol. The third kappa shape index (κ3) is 5.85. The van der Waals surface area contributed by atoms with Gasteiger partial charge in [0.15, 0.2) is 13.0 Å². The fraction of sp³-hybridized carbons (Fsp3) is 0.478. The lowest BCUT2D eigenvalue weighted by Gasteiger charge is -2.24. The maximum atomic E-state index is 6.42. The number of fused-ring (bicyclic) bond motifs is 1. The molecule has 0 radical (unpaired) electrons. The molecule has 0 saturated carbocycles. The van der Waals surface area contributed by atoms with E-state index in [1.165, 1.54) is 10.5 Å². The maximum Gasteiger partial charge on any atom is 0.188 e. The largest absolute Gasteiger partial charge is 0.474 e. The van der Waals surface area contributed by atoms with Gasteiger partial charge >= 0.3 is 0 Å². The summed E-state index contributed by atoms with van der Waals surface area (Å²) < 4.78 is 17.0. The Bertz CT molecular complexity index is 815. The van der Waals surface area contributed by atoms with Gasteiger partial charge in [-0.05, 0) is 49.4 Å². The molecule has 0 aromatic heterocycles. The number of thioether (sulfide) groups is 2. The lowest BCUT2D eigenvalue weighted by atomic mass is 9.97. The molecule has 1 unspecified atom stereocenters. The Balaban J connectivity index is 1.58. The number of rotatable bonds is 8. The summed E-state index contributed by atoms with van der Waals surface area (Å²) in [6, 6.07) is 12.4. The molecule has 2 aromatic rings. The molecular formula is C23H31NO3S2. The van der Waals surface area contributed by atoms with Crippen LogP contribution in [0.25, 0.3) is 0 Å². The van der Waals surface area contributed by atoms with Gasteiger partial charge in [-0.15, -0.1) is 23.5 Å². The molecule has 0 aliphatic carbocycles. The predicted octanol–water partition coefficient (Wildman–Crippen LogP) is 5.49. The molecule has 1 heterocycles. The summed E-state index contributed by atoms with van der Waals surface area (Å²) in [6.45, 7) is 6.75. The Morgan fingerprint density at radius 1 is 1.21 bits per heavy atom. The quantitative estimate of drug-likeness (QED) is 0.439. The minimum Gasteiger partial charge on any atom is -0.474 e. The summed E-state index contributed by atoms with van der Waals surface area (Å²) in [5.41, 5.74) is 8.81. The van der Waals surface area contributed by atoms with Crippen molar-refractivity contribution in [2.24, 2.45) is 17.6 Å². The van der Waals surface area contributed by atoms with Gasteiger partial charge in [0, 0.05) is 29.4 Å². The van der Waals surface area contributed by atoms with Crippen LogP contribution in [0.5, 0.6) is 11.5 Å². The molecule has 2 aromatic carbocycles. The summed E-state index contributed by atoms with van der Waals surface area (Å²) in [4.78, 5) is 2.39. The van der Waals surface area contributed by atoms with Gasteiger partial charge in [0.2, 0.25) is 0 Å². The van der Waals surface area contributed by atoms with Gasteiger partial charge in [-0.3, -0.25) is 5.73 Å². The van der Waals surface area contributed by atoms with Crippen molar-refractivity contribution in [1.29, 1.82) is 0 Å². The Hall–Kier alpha value is -1.34. The zero-order valence-electron chi connectivity index (χ0n) is 17.6. The van der Waals surface area contributed by atoms with Crippen LogP contribution >= 0.6 is 23.5 Å². The molecule has 3 atom stereocenters. The molecule has 3 rings (SSSR count). The first-order valence-electron chi connectivity index (χ1n) is 9.98. The van der Waals surface area contributed by atoms with Gasteiger partial charge in [0.05, 0.1) is 4.90 Å². The van der Waals surface area contributed by atoms with Crippen LogP contribution in [0.15, 0.2) is 46.2 Å². The molecule has 0 fully saturated rings. The normalized spacial score (nSPS) is 19.8. The highest BCUT2D eigenvalue weighted by Crippen LogP contribution is 2.40. The van der Waals surface area contributed by atoms with Crippen LogP contribution in [0.1, 0.15) is 24.5 Å². The molecular weight excluding hydrogens is 402 g/mol. The number of para-hydroxylation sites is 1. The van der Waals surface area contributed by atoms with E-state index in [1.807, 2.05) is 35.7 Å². The summed E-state index contributed by atoms with van der Waals surface area (Å²) in [6.07, 6.45) is 0.770. The van der Waals surface area contributed by atoms with E-state index in [4.69, 9.17) is 19.9 Å². The second kappa shape index (κ2) is 10.6. The standard InChI is InChI=1S/C23H31NO3S2/c1-15(12-28-20-10-6-7-16(2)21(20)26-14-25-4)11-18-13-29-22-17(3)8-5-9-19(22)27-23(18)24/h5-10,15,18,23H,11-14,24H2,1-4H3/t15-,18-,23?/m0/s1. The second-order valence-electron chi connectivity index (χ2n) is 7.66. The number of nitrogens with two attached hydrogens (primary N) is 1. The average Bonchev–Trinajstić information content (AvgIpc) is 2.85. The molecule has 0 saturated heterocycles. The Kier molecular flexibility index (Phi) is 8.18. The van der Waals surface area contributed by atoms with Crippen molar-refractivity contribution >= 4 is 23.5 Å². The molecule has 6 heteroatoms. The molecule has 0 bridgehead atoms. The third-order valence-corrected chi connectivity index (χ3v) is 7.85. The van der Waals surface area contributed by atoms with E-state index >= 15 is 0 Å². The van der Waals surface area contributed by atoms with E-state index in [0.717, 1.165) is 39.9 Å². The van der Waals surface area contributed by atoms with Crippen molar-refractivity contribution in [3.63, 3.8) is 0 Å². The number of hydrogen-bond donors (Lipinski definition) is 1. The van der Waals surface area contributed by atoms with Crippen LogP contribution in [0.3, 0.4) is 0 Å². The first-order chi connectivity index (χ1) is 14.0. The Morgan fingerprint density at radius 3 is 2.76 bits per heavy atom. The Morgan fingerprint density at radius 2 is 1.97 bits per heavy atom.